The highest BCUT2D eigenvalue weighted by Crippen LogP contribution is 2.24. The van der Waals surface area contributed by atoms with Crippen molar-refractivity contribution >= 4 is 27.5 Å². The Labute approximate surface area is 132 Å². The summed E-state index contributed by atoms with van der Waals surface area (Å²) in [5, 5.41) is 0. The van der Waals surface area contributed by atoms with Crippen LogP contribution in [0.1, 0.15) is 27.0 Å². The van der Waals surface area contributed by atoms with Gasteiger partial charge in [-0.05, 0) is 60.4 Å². The standard InChI is InChI=1S/C17H17BrN2O/c1-11-8-13(3-5-16(11)18)17(21)20-7-6-12-2-4-15(19)9-14(12)10-20/h2-5,8-9H,6-7,10,19H2,1H3. The molecule has 3 rings (SSSR count). The first-order chi connectivity index (χ1) is 10.0. The molecule has 0 radical (unpaired) electrons. The SMILES string of the molecule is Cc1cc(C(=O)N2CCc3ccc(N)cc3C2)ccc1Br. The fourth-order valence-electron chi connectivity index (χ4n) is 2.71. The van der Waals surface area contributed by atoms with Crippen LogP contribution in [0.3, 0.4) is 0 Å². The molecule has 108 valence electrons. The number of nitrogens with zero attached hydrogens (tertiary/aromatic N) is 1. The Morgan fingerprint density at radius 1 is 1.19 bits per heavy atom. The quantitative estimate of drug-likeness (QED) is 0.804. The zero-order valence-corrected chi connectivity index (χ0v) is 13.5. The molecular formula is C17H17BrN2O. The minimum absolute atomic E-state index is 0.0821. The first-order valence-electron chi connectivity index (χ1n) is 6.97. The summed E-state index contributed by atoms with van der Waals surface area (Å²) in [7, 11) is 0. The van der Waals surface area contributed by atoms with E-state index in [1.54, 1.807) is 0 Å². The Morgan fingerprint density at radius 2 is 2.00 bits per heavy atom. The molecule has 0 aliphatic carbocycles. The van der Waals surface area contributed by atoms with Crippen LogP contribution < -0.4 is 5.73 Å². The minimum atomic E-state index is 0.0821. The molecule has 1 amide bonds. The maximum absolute atomic E-state index is 12.6. The smallest absolute Gasteiger partial charge is 0.254 e. The molecule has 1 aliphatic rings. The van der Waals surface area contributed by atoms with Crippen LogP contribution in [0.25, 0.3) is 0 Å². The maximum Gasteiger partial charge on any atom is 0.254 e. The van der Waals surface area contributed by atoms with E-state index in [1.807, 2.05) is 42.2 Å². The average molecular weight is 345 g/mol. The third-order valence-corrected chi connectivity index (χ3v) is 4.82. The summed E-state index contributed by atoms with van der Waals surface area (Å²) in [4.78, 5) is 14.5. The lowest BCUT2D eigenvalue weighted by Gasteiger charge is -2.29. The summed E-state index contributed by atoms with van der Waals surface area (Å²) in [6.45, 7) is 3.38. The van der Waals surface area contributed by atoms with E-state index in [-0.39, 0.29) is 5.91 Å². The van der Waals surface area contributed by atoms with Gasteiger partial charge in [0, 0.05) is 28.8 Å². The molecule has 0 atom stereocenters. The number of benzene rings is 2. The summed E-state index contributed by atoms with van der Waals surface area (Å²) in [5.41, 5.74) is 10.9. The van der Waals surface area contributed by atoms with E-state index in [1.165, 1.54) is 5.56 Å². The van der Waals surface area contributed by atoms with E-state index < -0.39 is 0 Å². The highest BCUT2D eigenvalue weighted by atomic mass is 79.9. The van der Waals surface area contributed by atoms with Crippen LogP contribution >= 0.6 is 15.9 Å². The summed E-state index contributed by atoms with van der Waals surface area (Å²) >= 11 is 3.47. The Kier molecular flexibility index (Phi) is 3.72. The lowest BCUT2D eigenvalue weighted by Crippen LogP contribution is -2.36. The van der Waals surface area contributed by atoms with Crippen molar-refractivity contribution in [3.8, 4) is 0 Å². The maximum atomic E-state index is 12.6. The van der Waals surface area contributed by atoms with Gasteiger partial charge >= 0.3 is 0 Å². The van der Waals surface area contributed by atoms with Crippen molar-refractivity contribution in [2.24, 2.45) is 0 Å². The zero-order chi connectivity index (χ0) is 15.0. The number of amides is 1. The van der Waals surface area contributed by atoms with Crippen LogP contribution in [-0.2, 0) is 13.0 Å². The predicted molar refractivity (Wildman–Crippen MR) is 88.2 cm³/mol. The molecule has 0 unspecified atom stereocenters. The van der Waals surface area contributed by atoms with E-state index in [2.05, 4.69) is 22.0 Å². The third-order valence-electron chi connectivity index (χ3n) is 3.93. The zero-order valence-electron chi connectivity index (χ0n) is 11.9. The number of anilines is 1. The number of aryl methyl sites for hydroxylation is 1. The number of hydrogen-bond donors (Lipinski definition) is 1. The first kappa shape index (κ1) is 14.1. The number of nitrogen functional groups attached to an aromatic ring is 1. The van der Waals surface area contributed by atoms with Crippen molar-refractivity contribution in [1.29, 1.82) is 0 Å². The molecule has 2 aromatic rings. The van der Waals surface area contributed by atoms with Crippen LogP contribution in [0, 0.1) is 6.92 Å². The topological polar surface area (TPSA) is 46.3 Å². The summed E-state index contributed by atoms with van der Waals surface area (Å²) < 4.78 is 1.02. The number of halogens is 1. The fourth-order valence-corrected chi connectivity index (χ4v) is 2.96. The summed E-state index contributed by atoms with van der Waals surface area (Å²) in [6.07, 6.45) is 0.886. The largest absolute Gasteiger partial charge is 0.399 e. The molecule has 3 nitrogen and oxygen atoms in total. The molecule has 0 saturated heterocycles. The van der Waals surface area contributed by atoms with Crippen molar-refractivity contribution < 1.29 is 4.79 Å². The van der Waals surface area contributed by atoms with Gasteiger partial charge in [-0.15, -0.1) is 0 Å². The second kappa shape index (κ2) is 5.53. The number of nitrogens with two attached hydrogens (primary N) is 1. The molecule has 21 heavy (non-hydrogen) atoms. The van der Waals surface area contributed by atoms with E-state index in [9.17, 15) is 4.79 Å². The Morgan fingerprint density at radius 3 is 2.76 bits per heavy atom. The molecule has 0 spiro atoms. The average Bonchev–Trinajstić information content (AvgIpc) is 2.48. The monoisotopic (exact) mass is 344 g/mol. The number of carbonyl (C=O) groups is 1. The van der Waals surface area contributed by atoms with Gasteiger partial charge in [-0.1, -0.05) is 22.0 Å². The van der Waals surface area contributed by atoms with Gasteiger partial charge < -0.3 is 10.6 Å². The molecule has 1 aliphatic heterocycles. The van der Waals surface area contributed by atoms with Gasteiger partial charge in [0.15, 0.2) is 0 Å². The van der Waals surface area contributed by atoms with Crippen molar-refractivity contribution in [3.05, 3.63) is 63.1 Å². The predicted octanol–water partition coefficient (Wildman–Crippen LogP) is 3.54. The van der Waals surface area contributed by atoms with E-state index in [4.69, 9.17) is 5.73 Å². The van der Waals surface area contributed by atoms with E-state index >= 15 is 0 Å². The molecular weight excluding hydrogens is 328 g/mol. The molecule has 2 N–H and O–H groups in total. The van der Waals surface area contributed by atoms with Gasteiger partial charge in [-0.2, -0.15) is 0 Å². The van der Waals surface area contributed by atoms with Crippen LogP contribution in [0.2, 0.25) is 0 Å². The number of rotatable bonds is 1. The second-order valence-corrected chi connectivity index (χ2v) is 6.32. The van der Waals surface area contributed by atoms with Crippen LogP contribution in [-0.4, -0.2) is 17.4 Å². The van der Waals surface area contributed by atoms with Gasteiger partial charge in [0.2, 0.25) is 0 Å². The lowest BCUT2D eigenvalue weighted by molar-refractivity contribution is 0.0734. The summed E-state index contributed by atoms with van der Waals surface area (Å²) in [6, 6.07) is 11.7. The molecule has 0 bridgehead atoms. The first-order valence-corrected chi connectivity index (χ1v) is 7.76. The number of carbonyl (C=O) groups excluding carboxylic acids is 1. The molecule has 4 heteroatoms. The lowest BCUT2D eigenvalue weighted by atomic mass is 9.98. The molecule has 0 fully saturated rings. The number of fused-ring (bicyclic) bond motifs is 1. The highest BCUT2D eigenvalue weighted by molar-refractivity contribution is 9.10. The van der Waals surface area contributed by atoms with Gasteiger partial charge in [0.1, 0.15) is 0 Å². The van der Waals surface area contributed by atoms with Crippen LogP contribution in [0.15, 0.2) is 40.9 Å². The van der Waals surface area contributed by atoms with Crippen molar-refractivity contribution in [2.75, 3.05) is 12.3 Å². The van der Waals surface area contributed by atoms with Gasteiger partial charge in [0.25, 0.3) is 5.91 Å². The normalized spacial score (nSPS) is 13.9. The molecule has 0 saturated carbocycles. The molecule has 1 heterocycles. The van der Waals surface area contributed by atoms with Crippen LogP contribution in [0.5, 0.6) is 0 Å². The van der Waals surface area contributed by atoms with Gasteiger partial charge in [0.05, 0.1) is 0 Å². The van der Waals surface area contributed by atoms with Gasteiger partial charge in [-0.25, -0.2) is 0 Å². The second-order valence-electron chi connectivity index (χ2n) is 5.47. The minimum Gasteiger partial charge on any atom is -0.399 e. The Balaban J connectivity index is 1.85. The summed E-state index contributed by atoms with van der Waals surface area (Å²) in [5.74, 6) is 0.0821. The van der Waals surface area contributed by atoms with E-state index in [0.29, 0.717) is 6.54 Å². The molecule has 0 aromatic heterocycles. The fraction of sp³-hybridized carbons (Fsp3) is 0.235. The van der Waals surface area contributed by atoms with Crippen molar-refractivity contribution in [3.63, 3.8) is 0 Å². The van der Waals surface area contributed by atoms with Crippen molar-refractivity contribution in [1.82, 2.24) is 4.90 Å². The van der Waals surface area contributed by atoms with Gasteiger partial charge in [-0.3, -0.25) is 4.79 Å². The van der Waals surface area contributed by atoms with E-state index in [0.717, 1.165) is 39.8 Å². The molecule has 2 aromatic carbocycles. The van der Waals surface area contributed by atoms with Crippen LogP contribution in [0.4, 0.5) is 5.69 Å². The Hall–Kier alpha value is -1.81. The third kappa shape index (κ3) is 2.81. The highest BCUT2D eigenvalue weighted by Gasteiger charge is 2.22. The number of hydrogen-bond acceptors (Lipinski definition) is 2. The Bertz CT molecular complexity index is 712. The van der Waals surface area contributed by atoms with Crippen molar-refractivity contribution in [2.45, 2.75) is 19.9 Å².